The van der Waals surface area contributed by atoms with Crippen LogP contribution in [0.1, 0.15) is 18.4 Å². The highest BCUT2D eigenvalue weighted by molar-refractivity contribution is 5.71. The second kappa shape index (κ2) is 6.40. The van der Waals surface area contributed by atoms with Crippen molar-refractivity contribution in [2.45, 2.75) is 19.4 Å². The Bertz CT molecular complexity index is 385. The van der Waals surface area contributed by atoms with E-state index in [0.29, 0.717) is 6.54 Å². The number of hydrogen-bond acceptors (Lipinski definition) is 4. The highest BCUT2D eigenvalue weighted by Gasteiger charge is 2.21. The maximum atomic E-state index is 10.9. The first kappa shape index (κ1) is 12.9. The second-order valence-corrected chi connectivity index (χ2v) is 4.58. The van der Waals surface area contributed by atoms with E-state index in [9.17, 15) is 4.79 Å². The lowest BCUT2D eigenvalue weighted by molar-refractivity contribution is -0.139. The molecule has 0 aliphatic heterocycles. The van der Waals surface area contributed by atoms with Crippen LogP contribution in [0.4, 0.5) is 0 Å². The molecule has 1 N–H and O–H groups in total. The summed E-state index contributed by atoms with van der Waals surface area (Å²) < 4.78 is 10.2. The number of benzene rings is 1. The van der Waals surface area contributed by atoms with Crippen molar-refractivity contribution in [1.82, 2.24) is 5.32 Å². The third kappa shape index (κ3) is 4.37. The molecule has 1 aromatic rings. The molecule has 4 nitrogen and oxygen atoms in total. The first-order chi connectivity index (χ1) is 8.78. The van der Waals surface area contributed by atoms with E-state index in [4.69, 9.17) is 4.74 Å². The third-order valence-electron chi connectivity index (χ3n) is 2.93. The van der Waals surface area contributed by atoms with Gasteiger partial charge in [0.15, 0.2) is 0 Å². The van der Waals surface area contributed by atoms with Crippen LogP contribution in [0.25, 0.3) is 0 Å². The smallest absolute Gasteiger partial charge is 0.319 e. The second-order valence-electron chi connectivity index (χ2n) is 4.58. The van der Waals surface area contributed by atoms with E-state index in [1.807, 2.05) is 24.3 Å². The van der Waals surface area contributed by atoms with Crippen molar-refractivity contribution < 1.29 is 14.3 Å². The molecule has 0 unspecified atom stereocenters. The molecule has 0 heterocycles. The number of nitrogens with one attached hydrogen (secondary N) is 1. The van der Waals surface area contributed by atoms with Crippen LogP contribution in [-0.2, 0) is 16.1 Å². The maximum Gasteiger partial charge on any atom is 0.319 e. The van der Waals surface area contributed by atoms with Crippen LogP contribution in [0.15, 0.2) is 24.3 Å². The summed E-state index contributed by atoms with van der Waals surface area (Å²) >= 11 is 0. The van der Waals surface area contributed by atoms with Crippen molar-refractivity contribution in [2.75, 3.05) is 20.3 Å². The van der Waals surface area contributed by atoms with E-state index in [2.05, 4.69) is 10.1 Å². The summed E-state index contributed by atoms with van der Waals surface area (Å²) in [6.45, 7) is 1.72. The first-order valence-electron chi connectivity index (χ1n) is 6.27. The van der Waals surface area contributed by atoms with Gasteiger partial charge in [-0.05, 0) is 36.5 Å². The quantitative estimate of drug-likeness (QED) is 0.748. The van der Waals surface area contributed by atoms with Gasteiger partial charge in [-0.2, -0.15) is 0 Å². The van der Waals surface area contributed by atoms with E-state index in [0.717, 1.165) is 23.8 Å². The fraction of sp³-hybridized carbons (Fsp3) is 0.500. The van der Waals surface area contributed by atoms with Crippen molar-refractivity contribution in [3.8, 4) is 5.75 Å². The fourth-order valence-electron chi connectivity index (χ4n) is 1.58. The summed E-state index contributed by atoms with van der Waals surface area (Å²) in [5, 5.41) is 3.02. The number of carbonyl (C=O) groups excluding carboxylic acids is 1. The van der Waals surface area contributed by atoms with E-state index >= 15 is 0 Å². The highest BCUT2D eigenvalue weighted by atomic mass is 16.5. The predicted octanol–water partition coefficient (Wildman–Crippen LogP) is 1.74. The summed E-state index contributed by atoms with van der Waals surface area (Å²) in [6.07, 6.45) is 2.60. The van der Waals surface area contributed by atoms with Gasteiger partial charge in [0.1, 0.15) is 5.75 Å². The van der Waals surface area contributed by atoms with Crippen LogP contribution in [0.5, 0.6) is 5.75 Å². The van der Waals surface area contributed by atoms with Crippen LogP contribution < -0.4 is 10.1 Å². The summed E-state index contributed by atoms with van der Waals surface area (Å²) in [6, 6.07) is 7.95. The Morgan fingerprint density at radius 1 is 1.33 bits per heavy atom. The zero-order valence-corrected chi connectivity index (χ0v) is 10.6. The van der Waals surface area contributed by atoms with Crippen LogP contribution in [0.3, 0.4) is 0 Å². The van der Waals surface area contributed by atoms with Gasteiger partial charge in [0.25, 0.3) is 0 Å². The SMILES string of the molecule is COC(=O)CNCc1ccc(OCC2CC2)cc1. The number of ether oxygens (including phenoxy) is 2. The molecule has 0 atom stereocenters. The summed E-state index contributed by atoms with van der Waals surface area (Å²) in [5.74, 6) is 1.43. The fourth-order valence-corrected chi connectivity index (χ4v) is 1.58. The van der Waals surface area contributed by atoms with E-state index in [1.165, 1.54) is 20.0 Å². The molecule has 18 heavy (non-hydrogen) atoms. The van der Waals surface area contributed by atoms with Gasteiger partial charge in [-0.3, -0.25) is 4.79 Å². The highest BCUT2D eigenvalue weighted by Crippen LogP contribution is 2.29. The molecule has 1 fully saturated rings. The molecule has 0 spiro atoms. The lowest BCUT2D eigenvalue weighted by atomic mass is 10.2. The maximum absolute atomic E-state index is 10.9. The van der Waals surface area contributed by atoms with Gasteiger partial charge in [0, 0.05) is 6.54 Å². The zero-order chi connectivity index (χ0) is 12.8. The van der Waals surface area contributed by atoms with Gasteiger partial charge in [-0.1, -0.05) is 12.1 Å². The molecule has 0 aromatic heterocycles. The van der Waals surface area contributed by atoms with Gasteiger partial charge in [0.05, 0.1) is 20.3 Å². The average Bonchev–Trinajstić information content (AvgIpc) is 3.21. The first-order valence-corrected chi connectivity index (χ1v) is 6.27. The Hall–Kier alpha value is -1.55. The van der Waals surface area contributed by atoms with Crippen molar-refractivity contribution in [2.24, 2.45) is 5.92 Å². The zero-order valence-electron chi connectivity index (χ0n) is 10.6. The van der Waals surface area contributed by atoms with Crippen molar-refractivity contribution in [3.63, 3.8) is 0 Å². The van der Waals surface area contributed by atoms with Crippen LogP contribution >= 0.6 is 0 Å². The average molecular weight is 249 g/mol. The number of esters is 1. The van der Waals surface area contributed by atoms with Crippen LogP contribution in [0.2, 0.25) is 0 Å². The van der Waals surface area contributed by atoms with Crippen molar-refractivity contribution in [3.05, 3.63) is 29.8 Å². The van der Waals surface area contributed by atoms with Crippen LogP contribution in [-0.4, -0.2) is 26.2 Å². The molecule has 0 bridgehead atoms. The summed E-state index contributed by atoms with van der Waals surface area (Å²) in [5.41, 5.74) is 1.12. The van der Waals surface area contributed by atoms with Gasteiger partial charge in [0.2, 0.25) is 0 Å². The molecule has 2 rings (SSSR count). The Balaban J connectivity index is 1.70. The molecular weight excluding hydrogens is 230 g/mol. The van der Waals surface area contributed by atoms with Gasteiger partial charge in [-0.25, -0.2) is 0 Å². The standard InChI is InChI=1S/C14H19NO3/c1-17-14(16)9-15-8-11-4-6-13(7-5-11)18-10-12-2-3-12/h4-7,12,15H,2-3,8-10H2,1H3. The minimum atomic E-state index is -0.251. The molecule has 4 heteroatoms. The monoisotopic (exact) mass is 249 g/mol. The minimum absolute atomic E-state index is 0.233. The number of methoxy groups -OCH3 is 1. The topological polar surface area (TPSA) is 47.6 Å². The number of carbonyl (C=O) groups is 1. The lowest BCUT2D eigenvalue weighted by Crippen LogP contribution is -2.23. The van der Waals surface area contributed by atoms with E-state index < -0.39 is 0 Å². The molecule has 1 aliphatic rings. The summed E-state index contributed by atoms with van der Waals surface area (Å²) in [7, 11) is 1.38. The number of rotatable bonds is 7. The molecule has 0 amide bonds. The Morgan fingerprint density at radius 2 is 2.06 bits per heavy atom. The molecule has 1 aromatic carbocycles. The van der Waals surface area contributed by atoms with Gasteiger partial charge in [-0.15, -0.1) is 0 Å². The molecule has 0 radical (unpaired) electrons. The summed E-state index contributed by atoms with van der Waals surface area (Å²) in [4.78, 5) is 10.9. The van der Waals surface area contributed by atoms with Crippen molar-refractivity contribution >= 4 is 5.97 Å². The van der Waals surface area contributed by atoms with Gasteiger partial charge >= 0.3 is 5.97 Å². The van der Waals surface area contributed by atoms with Crippen LogP contribution in [0, 0.1) is 5.92 Å². The lowest BCUT2D eigenvalue weighted by Gasteiger charge is -2.07. The molecule has 98 valence electrons. The molecule has 1 saturated carbocycles. The Labute approximate surface area is 107 Å². The Kier molecular flexibility index (Phi) is 4.59. The van der Waals surface area contributed by atoms with Gasteiger partial charge < -0.3 is 14.8 Å². The molecule has 0 saturated heterocycles. The van der Waals surface area contributed by atoms with Crippen molar-refractivity contribution in [1.29, 1.82) is 0 Å². The number of hydrogen-bond donors (Lipinski definition) is 1. The van der Waals surface area contributed by atoms with E-state index in [1.54, 1.807) is 0 Å². The Morgan fingerprint density at radius 3 is 2.67 bits per heavy atom. The largest absolute Gasteiger partial charge is 0.493 e. The molecular formula is C14H19NO3. The van der Waals surface area contributed by atoms with E-state index in [-0.39, 0.29) is 12.5 Å². The predicted molar refractivity (Wildman–Crippen MR) is 68.4 cm³/mol. The third-order valence-corrected chi connectivity index (χ3v) is 2.93. The minimum Gasteiger partial charge on any atom is -0.493 e. The molecule has 1 aliphatic carbocycles. The normalized spacial score (nSPS) is 14.3.